The highest BCUT2D eigenvalue weighted by Gasteiger charge is 2.38. The lowest BCUT2D eigenvalue weighted by Crippen LogP contribution is -2.35. The molecule has 2 heteroatoms. The quantitative estimate of drug-likeness (QED) is 0.188. The molecule has 4 aromatic carbocycles. The maximum Gasteiger partial charge on any atom is 0.0560 e. The fourth-order valence-electron chi connectivity index (χ4n) is 8.05. The monoisotopic (exact) mass is 644 g/mol. The summed E-state index contributed by atoms with van der Waals surface area (Å²) in [5.41, 5.74) is 13.2. The summed E-state index contributed by atoms with van der Waals surface area (Å²) in [4.78, 5) is 4.94. The summed E-state index contributed by atoms with van der Waals surface area (Å²) in [5, 5.41) is 0. The van der Waals surface area contributed by atoms with Crippen LogP contribution in [-0.4, -0.2) is 6.04 Å². The molecule has 1 atom stereocenters. The minimum absolute atomic E-state index is 0.0551. The lowest BCUT2D eigenvalue weighted by Gasteiger charge is -2.42. The summed E-state index contributed by atoms with van der Waals surface area (Å²) in [6, 6.07) is 36.8. The van der Waals surface area contributed by atoms with Crippen molar-refractivity contribution < 1.29 is 0 Å². The fourth-order valence-corrected chi connectivity index (χ4v) is 8.05. The van der Waals surface area contributed by atoms with Crippen molar-refractivity contribution in [1.29, 1.82) is 0 Å². The number of rotatable bonds is 8. The standard InChI is InChI=1S/C47H52N2/c1-35-9-19-40(20-10-35)48(41-21-11-36(2)12-22-41)43-25-15-38(16-26-43)47(31-7-6-8-32-47)39-17-27-44(28-18-39)49(42-23-13-37(3)14-24-42)45-29-33-46(4,5)34-30-45/h9-25,27-30,33,43H,6-8,26,31-32,34H2,1-5H3. The van der Waals surface area contributed by atoms with Crippen molar-refractivity contribution in [1.82, 2.24) is 0 Å². The number of aryl methyl sites for hydroxylation is 3. The van der Waals surface area contributed by atoms with Gasteiger partial charge in [-0.25, -0.2) is 0 Å². The molecule has 0 heterocycles. The van der Waals surface area contributed by atoms with Crippen molar-refractivity contribution in [3.63, 3.8) is 0 Å². The Morgan fingerprint density at radius 3 is 1.55 bits per heavy atom. The van der Waals surface area contributed by atoms with Crippen molar-refractivity contribution in [2.75, 3.05) is 9.80 Å². The zero-order valence-corrected chi connectivity index (χ0v) is 30.1. The second kappa shape index (κ2) is 13.7. The molecule has 0 spiro atoms. The third-order valence-corrected chi connectivity index (χ3v) is 11.1. The molecule has 2 nitrogen and oxygen atoms in total. The molecular weight excluding hydrogens is 593 g/mol. The van der Waals surface area contributed by atoms with E-state index in [-0.39, 0.29) is 16.9 Å². The summed E-state index contributed by atoms with van der Waals surface area (Å²) in [5.74, 6) is 0. The molecule has 0 aromatic heterocycles. The molecule has 0 saturated heterocycles. The van der Waals surface area contributed by atoms with Crippen molar-refractivity contribution in [2.24, 2.45) is 5.41 Å². The molecule has 3 aliphatic carbocycles. The minimum Gasteiger partial charge on any atom is -0.334 e. The van der Waals surface area contributed by atoms with Crippen LogP contribution in [0.5, 0.6) is 0 Å². The van der Waals surface area contributed by atoms with Gasteiger partial charge < -0.3 is 9.80 Å². The molecule has 250 valence electrons. The molecule has 4 aromatic rings. The van der Waals surface area contributed by atoms with Crippen molar-refractivity contribution in [2.45, 2.75) is 91.0 Å². The molecule has 0 amide bonds. The first kappa shape index (κ1) is 33.0. The Morgan fingerprint density at radius 1 is 0.571 bits per heavy atom. The average molecular weight is 645 g/mol. The van der Waals surface area contributed by atoms with Crippen LogP contribution in [0.3, 0.4) is 0 Å². The molecule has 0 N–H and O–H groups in total. The third-order valence-electron chi connectivity index (χ3n) is 11.1. The Bertz CT molecular complexity index is 1810. The van der Waals surface area contributed by atoms with Gasteiger partial charge in [-0.05, 0) is 118 Å². The second-order valence-electron chi connectivity index (χ2n) is 15.4. The molecule has 3 aliphatic rings. The smallest absolute Gasteiger partial charge is 0.0560 e. The number of benzene rings is 4. The van der Waals surface area contributed by atoms with Crippen LogP contribution in [0.15, 0.2) is 145 Å². The van der Waals surface area contributed by atoms with E-state index in [1.165, 1.54) is 88.4 Å². The molecule has 7 rings (SSSR count). The number of hydrogen-bond donors (Lipinski definition) is 0. The first-order valence-electron chi connectivity index (χ1n) is 18.4. The predicted molar refractivity (Wildman–Crippen MR) is 210 cm³/mol. The number of anilines is 4. The lowest BCUT2D eigenvalue weighted by atomic mass is 9.64. The summed E-state index contributed by atoms with van der Waals surface area (Å²) in [6.45, 7) is 11.1. The Morgan fingerprint density at radius 2 is 1.08 bits per heavy atom. The van der Waals surface area contributed by atoms with E-state index in [2.05, 4.69) is 178 Å². The lowest BCUT2D eigenvalue weighted by molar-refractivity contribution is 0.343. The van der Waals surface area contributed by atoms with Crippen LogP contribution >= 0.6 is 0 Å². The highest BCUT2D eigenvalue weighted by molar-refractivity contribution is 5.71. The van der Waals surface area contributed by atoms with Gasteiger partial charge in [0.05, 0.1) is 6.04 Å². The van der Waals surface area contributed by atoms with E-state index >= 15 is 0 Å². The Labute approximate surface area is 295 Å². The summed E-state index contributed by atoms with van der Waals surface area (Å²) in [7, 11) is 0. The summed E-state index contributed by atoms with van der Waals surface area (Å²) < 4.78 is 0. The second-order valence-corrected chi connectivity index (χ2v) is 15.4. The van der Waals surface area contributed by atoms with E-state index in [0.717, 1.165) is 12.8 Å². The molecule has 0 aliphatic heterocycles. The van der Waals surface area contributed by atoms with E-state index < -0.39 is 0 Å². The van der Waals surface area contributed by atoms with Crippen LogP contribution in [0.2, 0.25) is 0 Å². The van der Waals surface area contributed by atoms with Gasteiger partial charge in [-0.1, -0.05) is 129 Å². The summed E-state index contributed by atoms with van der Waals surface area (Å²) >= 11 is 0. The Hall–Kier alpha value is -4.56. The zero-order chi connectivity index (χ0) is 34.0. The number of hydrogen-bond acceptors (Lipinski definition) is 2. The predicted octanol–water partition coefficient (Wildman–Crippen LogP) is 12.9. The molecule has 0 radical (unpaired) electrons. The average Bonchev–Trinajstić information content (AvgIpc) is 3.12. The van der Waals surface area contributed by atoms with Crippen molar-refractivity contribution >= 4 is 22.7 Å². The number of nitrogens with zero attached hydrogens (tertiary/aromatic N) is 2. The maximum atomic E-state index is 2.57. The summed E-state index contributed by atoms with van der Waals surface area (Å²) in [6.07, 6.45) is 22.9. The highest BCUT2D eigenvalue weighted by atomic mass is 15.2. The first-order chi connectivity index (χ1) is 23.7. The van der Waals surface area contributed by atoms with Gasteiger partial charge in [-0.3, -0.25) is 0 Å². The van der Waals surface area contributed by atoms with Crippen LogP contribution in [0.1, 0.15) is 81.0 Å². The fraction of sp³-hybridized carbons (Fsp3) is 0.319. The van der Waals surface area contributed by atoms with Gasteiger partial charge in [0.1, 0.15) is 0 Å². The van der Waals surface area contributed by atoms with Crippen LogP contribution in [0.4, 0.5) is 22.7 Å². The van der Waals surface area contributed by atoms with E-state index in [1.54, 1.807) is 0 Å². The van der Waals surface area contributed by atoms with Crippen LogP contribution in [-0.2, 0) is 5.41 Å². The van der Waals surface area contributed by atoms with Gasteiger partial charge in [0, 0.05) is 33.9 Å². The van der Waals surface area contributed by atoms with Gasteiger partial charge in [0.15, 0.2) is 0 Å². The van der Waals surface area contributed by atoms with E-state index in [0.29, 0.717) is 0 Å². The van der Waals surface area contributed by atoms with Crippen molar-refractivity contribution in [3.8, 4) is 0 Å². The first-order valence-corrected chi connectivity index (χ1v) is 18.4. The topological polar surface area (TPSA) is 6.48 Å². The normalized spacial score (nSPS) is 19.6. The minimum atomic E-state index is 0.0551. The van der Waals surface area contributed by atoms with Gasteiger partial charge in [-0.15, -0.1) is 0 Å². The third kappa shape index (κ3) is 6.97. The maximum absolute atomic E-state index is 2.57. The van der Waals surface area contributed by atoms with Crippen LogP contribution in [0.25, 0.3) is 0 Å². The Kier molecular flexibility index (Phi) is 9.25. The molecule has 1 fully saturated rings. The van der Waals surface area contributed by atoms with Gasteiger partial charge >= 0.3 is 0 Å². The molecular formula is C47H52N2. The van der Waals surface area contributed by atoms with Crippen LogP contribution < -0.4 is 9.80 Å². The van der Waals surface area contributed by atoms with Gasteiger partial charge in [-0.2, -0.15) is 0 Å². The molecule has 1 saturated carbocycles. The largest absolute Gasteiger partial charge is 0.334 e. The zero-order valence-electron chi connectivity index (χ0n) is 30.1. The number of allylic oxidation sites excluding steroid dienone is 5. The van der Waals surface area contributed by atoms with Crippen LogP contribution in [0, 0.1) is 26.2 Å². The Balaban J connectivity index is 1.20. The van der Waals surface area contributed by atoms with E-state index in [9.17, 15) is 0 Å². The van der Waals surface area contributed by atoms with Gasteiger partial charge in [0.25, 0.3) is 0 Å². The van der Waals surface area contributed by atoms with Gasteiger partial charge in [0.2, 0.25) is 0 Å². The van der Waals surface area contributed by atoms with Crippen molar-refractivity contribution in [3.05, 3.63) is 167 Å². The highest BCUT2D eigenvalue weighted by Crippen LogP contribution is 2.48. The molecule has 49 heavy (non-hydrogen) atoms. The molecule has 1 unspecified atom stereocenters. The van der Waals surface area contributed by atoms with E-state index in [4.69, 9.17) is 0 Å². The van der Waals surface area contributed by atoms with E-state index in [1.807, 2.05) is 0 Å². The SMILES string of the molecule is Cc1ccc(N(C2=CCC(C)(C)C=C2)c2ccc(C3(C4=CCC(N(c5ccc(C)cc5)c5ccc(C)cc5)C=C4)CCCCC3)cc2)cc1. The molecule has 0 bridgehead atoms.